The van der Waals surface area contributed by atoms with Gasteiger partial charge in [0.1, 0.15) is 17.9 Å². The molecule has 2 N–H and O–H groups in total. The first-order valence-corrected chi connectivity index (χ1v) is 9.26. The van der Waals surface area contributed by atoms with Gasteiger partial charge in [0.2, 0.25) is 0 Å². The first-order chi connectivity index (χ1) is 13.2. The topological polar surface area (TPSA) is 93.2 Å². The number of rotatable bonds is 5. The maximum atomic E-state index is 5.94. The van der Waals surface area contributed by atoms with E-state index in [2.05, 4.69) is 36.8 Å². The fourth-order valence-corrected chi connectivity index (χ4v) is 3.53. The molecule has 0 fully saturated rings. The Morgan fingerprint density at radius 3 is 2.81 bits per heavy atom. The molecule has 8 nitrogen and oxygen atoms in total. The van der Waals surface area contributed by atoms with Crippen LogP contribution in [-0.2, 0) is 20.1 Å². The molecule has 0 aliphatic rings. The van der Waals surface area contributed by atoms with Crippen LogP contribution in [0.15, 0.2) is 52.1 Å². The minimum atomic E-state index is 0.517. The van der Waals surface area contributed by atoms with E-state index in [0.29, 0.717) is 19.0 Å². The molecule has 0 spiro atoms. The summed E-state index contributed by atoms with van der Waals surface area (Å²) in [5.41, 5.74) is 0.988. The van der Waals surface area contributed by atoms with Crippen LogP contribution in [0.1, 0.15) is 11.6 Å². The van der Waals surface area contributed by atoms with Crippen LogP contribution < -0.4 is 10.6 Å². The number of furan rings is 1. The number of aryl methyl sites for hydroxylation is 1. The Bertz CT molecular complexity index is 1050. The number of hydrogen-bond donors (Lipinski definition) is 2. The fourth-order valence-electron chi connectivity index (χ4n) is 2.60. The third kappa shape index (κ3) is 3.82. The summed E-state index contributed by atoms with van der Waals surface area (Å²) in [5, 5.41) is 11.4. The molecule has 3 heterocycles. The number of guanidine groups is 1. The standard InChI is InChI=1S/C18H19N7OS/c1-19-18(21-10-16-22-11-23-25(16)2)20-9-12-7-8-14(26-12)17-24-13-5-3-4-6-15(13)27-17/h3-8,11H,9-10H2,1-2H3,(H2,19,20,21). The molecule has 3 aromatic heterocycles. The summed E-state index contributed by atoms with van der Waals surface area (Å²) >= 11 is 1.62. The zero-order valence-electron chi connectivity index (χ0n) is 15.0. The lowest BCUT2D eigenvalue weighted by Gasteiger charge is -2.10. The second-order valence-electron chi connectivity index (χ2n) is 5.83. The summed E-state index contributed by atoms with van der Waals surface area (Å²) in [6.07, 6.45) is 1.53. The second-order valence-corrected chi connectivity index (χ2v) is 6.86. The largest absolute Gasteiger partial charge is 0.457 e. The zero-order chi connectivity index (χ0) is 18.6. The van der Waals surface area contributed by atoms with Gasteiger partial charge in [-0.2, -0.15) is 5.10 Å². The van der Waals surface area contributed by atoms with Crippen molar-refractivity contribution >= 4 is 27.5 Å². The van der Waals surface area contributed by atoms with E-state index in [1.165, 1.54) is 6.33 Å². The molecule has 4 aromatic rings. The Morgan fingerprint density at radius 1 is 1.19 bits per heavy atom. The Labute approximate surface area is 160 Å². The van der Waals surface area contributed by atoms with Crippen LogP contribution >= 0.6 is 11.3 Å². The summed E-state index contributed by atoms with van der Waals surface area (Å²) in [4.78, 5) is 13.0. The van der Waals surface area contributed by atoms with Crippen molar-refractivity contribution in [1.29, 1.82) is 0 Å². The molecule has 4 rings (SSSR count). The van der Waals surface area contributed by atoms with Gasteiger partial charge in [0, 0.05) is 14.1 Å². The molecule has 138 valence electrons. The molecule has 0 radical (unpaired) electrons. The quantitative estimate of drug-likeness (QED) is 0.408. The molecule has 0 saturated heterocycles. The second kappa shape index (κ2) is 7.58. The molecule has 0 atom stereocenters. The molecule has 0 bridgehead atoms. The van der Waals surface area contributed by atoms with Gasteiger partial charge in [-0.1, -0.05) is 12.1 Å². The lowest BCUT2D eigenvalue weighted by Crippen LogP contribution is -2.36. The highest BCUT2D eigenvalue weighted by molar-refractivity contribution is 7.21. The molecule has 0 amide bonds. The Morgan fingerprint density at radius 2 is 2.04 bits per heavy atom. The van der Waals surface area contributed by atoms with Gasteiger partial charge in [-0.05, 0) is 24.3 Å². The van der Waals surface area contributed by atoms with Gasteiger partial charge in [-0.25, -0.2) is 9.97 Å². The van der Waals surface area contributed by atoms with Crippen molar-refractivity contribution in [2.75, 3.05) is 7.05 Å². The summed E-state index contributed by atoms with van der Waals surface area (Å²) in [6.45, 7) is 1.05. The van der Waals surface area contributed by atoms with E-state index in [9.17, 15) is 0 Å². The van der Waals surface area contributed by atoms with Gasteiger partial charge in [0.05, 0.1) is 23.3 Å². The average molecular weight is 381 g/mol. The van der Waals surface area contributed by atoms with E-state index in [1.54, 1.807) is 23.1 Å². The number of aromatic nitrogens is 4. The van der Waals surface area contributed by atoms with Gasteiger partial charge in [0.25, 0.3) is 0 Å². The van der Waals surface area contributed by atoms with E-state index < -0.39 is 0 Å². The molecule has 27 heavy (non-hydrogen) atoms. The van der Waals surface area contributed by atoms with Crippen molar-refractivity contribution in [2.24, 2.45) is 12.0 Å². The smallest absolute Gasteiger partial charge is 0.191 e. The lowest BCUT2D eigenvalue weighted by atomic mass is 10.3. The maximum absolute atomic E-state index is 5.94. The van der Waals surface area contributed by atoms with Gasteiger partial charge < -0.3 is 15.1 Å². The minimum Gasteiger partial charge on any atom is -0.457 e. The Balaban J connectivity index is 1.37. The van der Waals surface area contributed by atoms with Crippen molar-refractivity contribution < 1.29 is 4.42 Å². The van der Waals surface area contributed by atoms with Crippen LogP contribution in [0, 0.1) is 0 Å². The van der Waals surface area contributed by atoms with E-state index >= 15 is 0 Å². The third-order valence-electron chi connectivity index (χ3n) is 4.04. The molecule has 0 unspecified atom stereocenters. The van der Waals surface area contributed by atoms with Crippen LogP contribution in [0.3, 0.4) is 0 Å². The first kappa shape index (κ1) is 17.2. The molecule has 1 aromatic carbocycles. The predicted octanol–water partition coefficient (Wildman–Crippen LogP) is 2.55. The van der Waals surface area contributed by atoms with Gasteiger partial charge >= 0.3 is 0 Å². The monoisotopic (exact) mass is 381 g/mol. The third-order valence-corrected chi connectivity index (χ3v) is 5.09. The zero-order valence-corrected chi connectivity index (χ0v) is 15.8. The normalized spacial score (nSPS) is 11.9. The number of para-hydroxylation sites is 1. The van der Waals surface area contributed by atoms with E-state index in [-0.39, 0.29) is 0 Å². The molecular formula is C18H19N7OS. The van der Waals surface area contributed by atoms with Crippen LogP contribution in [0.4, 0.5) is 0 Å². The van der Waals surface area contributed by atoms with Crippen LogP contribution in [0.2, 0.25) is 0 Å². The highest BCUT2D eigenvalue weighted by Gasteiger charge is 2.11. The number of benzene rings is 1. The van der Waals surface area contributed by atoms with Crippen LogP contribution in [-0.4, -0.2) is 32.8 Å². The molecular weight excluding hydrogens is 362 g/mol. The van der Waals surface area contributed by atoms with Gasteiger partial charge in [0.15, 0.2) is 16.7 Å². The average Bonchev–Trinajstić information content (AvgIpc) is 3.41. The number of nitrogens with one attached hydrogen (secondary N) is 2. The maximum Gasteiger partial charge on any atom is 0.191 e. The lowest BCUT2D eigenvalue weighted by molar-refractivity contribution is 0.513. The predicted molar refractivity (Wildman–Crippen MR) is 105 cm³/mol. The van der Waals surface area contributed by atoms with Crippen LogP contribution in [0.5, 0.6) is 0 Å². The Hall–Kier alpha value is -3.20. The SMILES string of the molecule is CN=C(NCc1ccc(-c2nc3ccccc3s2)o1)NCc1ncnn1C. The van der Waals surface area contributed by atoms with Gasteiger partial charge in [-0.15, -0.1) is 11.3 Å². The van der Waals surface area contributed by atoms with Crippen molar-refractivity contribution in [3.8, 4) is 10.8 Å². The van der Waals surface area contributed by atoms with Crippen molar-refractivity contribution in [3.05, 3.63) is 54.3 Å². The van der Waals surface area contributed by atoms with Crippen molar-refractivity contribution in [2.45, 2.75) is 13.1 Å². The van der Waals surface area contributed by atoms with Gasteiger partial charge in [-0.3, -0.25) is 9.67 Å². The van der Waals surface area contributed by atoms with Crippen molar-refractivity contribution in [1.82, 2.24) is 30.4 Å². The summed E-state index contributed by atoms with van der Waals surface area (Å²) < 4.78 is 8.81. The fraction of sp³-hybridized carbons (Fsp3) is 0.222. The molecule has 0 aliphatic heterocycles. The van der Waals surface area contributed by atoms with Crippen LogP contribution in [0.25, 0.3) is 21.0 Å². The summed E-state index contributed by atoms with van der Waals surface area (Å²) in [5.74, 6) is 3.07. The highest BCUT2D eigenvalue weighted by Crippen LogP contribution is 2.31. The number of thiazole rings is 1. The molecule has 0 aliphatic carbocycles. The van der Waals surface area contributed by atoms with E-state index in [1.807, 2.05) is 37.4 Å². The first-order valence-electron chi connectivity index (χ1n) is 8.45. The number of hydrogen-bond acceptors (Lipinski definition) is 6. The van der Waals surface area contributed by atoms with Crippen molar-refractivity contribution in [3.63, 3.8) is 0 Å². The summed E-state index contributed by atoms with van der Waals surface area (Å²) in [7, 11) is 3.58. The molecule has 9 heteroatoms. The number of nitrogens with zero attached hydrogens (tertiary/aromatic N) is 5. The number of fused-ring (bicyclic) bond motifs is 1. The minimum absolute atomic E-state index is 0.517. The Kier molecular flexibility index (Phi) is 4.84. The summed E-state index contributed by atoms with van der Waals surface area (Å²) in [6, 6.07) is 12.0. The highest BCUT2D eigenvalue weighted by atomic mass is 32.1. The number of aliphatic imine (C=N–C) groups is 1. The molecule has 0 saturated carbocycles. The van der Waals surface area contributed by atoms with E-state index in [0.717, 1.165) is 32.6 Å². The van der Waals surface area contributed by atoms with E-state index in [4.69, 9.17) is 4.42 Å².